The van der Waals surface area contributed by atoms with Crippen LogP contribution in [0.25, 0.3) is 10.9 Å². The summed E-state index contributed by atoms with van der Waals surface area (Å²) in [5, 5.41) is 18.2. The van der Waals surface area contributed by atoms with Crippen LogP contribution in [0.2, 0.25) is 5.02 Å². The molecule has 170 valence electrons. The van der Waals surface area contributed by atoms with Crippen molar-refractivity contribution >= 4 is 39.8 Å². The van der Waals surface area contributed by atoms with Crippen molar-refractivity contribution < 1.29 is 18.9 Å². The number of nitro benzene ring substituents is 1. The van der Waals surface area contributed by atoms with Gasteiger partial charge in [0.15, 0.2) is 6.61 Å². The number of fused-ring (bicyclic) bond motifs is 1. The molecule has 10 heteroatoms. The summed E-state index contributed by atoms with van der Waals surface area (Å²) < 4.78 is 11.3. The van der Waals surface area contributed by atoms with Crippen molar-refractivity contribution in [3.05, 3.63) is 99.6 Å². The molecule has 34 heavy (non-hydrogen) atoms. The highest BCUT2D eigenvalue weighted by Gasteiger charge is 2.35. The van der Waals surface area contributed by atoms with Crippen LogP contribution in [0.15, 0.2) is 82.6 Å². The summed E-state index contributed by atoms with van der Waals surface area (Å²) in [5.41, 5.74) is 1.78. The van der Waals surface area contributed by atoms with Crippen molar-refractivity contribution in [1.82, 2.24) is 9.99 Å². The van der Waals surface area contributed by atoms with E-state index < -0.39 is 16.9 Å². The number of hydrazone groups is 1. The van der Waals surface area contributed by atoms with E-state index in [-0.39, 0.29) is 18.0 Å². The zero-order valence-electron chi connectivity index (χ0n) is 17.6. The number of non-ortho nitro benzene ring substituents is 1. The summed E-state index contributed by atoms with van der Waals surface area (Å²) in [5.74, 6) is 0.474. The number of furan rings is 1. The monoisotopic (exact) mass is 476 g/mol. The van der Waals surface area contributed by atoms with Crippen molar-refractivity contribution in [2.45, 2.75) is 12.5 Å². The van der Waals surface area contributed by atoms with E-state index in [0.29, 0.717) is 33.8 Å². The molecule has 9 nitrogen and oxygen atoms in total. The highest BCUT2D eigenvalue weighted by molar-refractivity contribution is 6.30. The number of rotatable bonds is 6. The molecule has 1 atom stereocenters. The topological polar surface area (TPSA) is 111 Å². The van der Waals surface area contributed by atoms with Gasteiger partial charge in [-0.15, -0.1) is 0 Å². The minimum Gasteiger partial charge on any atom is -0.481 e. The largest absolute Gasteiger partial charge is 0.481 e. The summed E-state index contributed by atoms with van der Waals surface area (Å²) in [7, 11) is 0. The third kappa shape index (κ3) is 4.08. The molecule has 4 aromatic rings. The van der Waals surface area contributed by atoms with E-state index in [4.69, 9.17) is 20.8 Å². The summed E-state index contributed by atoms with van der Waals surface area (Å²) in [6, 6.07) is 16.3. The lowest BCUT2D eigenvalue weighted by atomic mass is 10.0. The molecule has 0 unspecified atom stereocenters. The Hall–Kier alpha value is -4.24. The Balaban J connectivity index is 1.41. The highest BCUT2D eigenvalue weighted by Crippen LogP contribution is 2.34. The molecule has 0 aliphatic carbocycles. The first-order valence-electron chi connectivity index (χ1n) is 10.3. The van der Waals surface area contributed by atoms with Crippen LogP contribution in [-0.2, 0) is 4.79 Å². The molecule has 0 spiro atoms. The Bertz CT molecular complexity index is 1400. The third-order valence-electron chi connectivity index (χ3n) is 5.47. The van der Waals surface area contributed by atoms with Crippen LogP contribution in [0, 0.1) is 10.1 Å². The number of hydrogen-bond acceptors (Lipinski definition) is 7. The van der Waals surface area contributed by atoms with Gasteiger partial charge in [-0.25, -0.2) is 5.01 Å². The van der Waals surface area contributed by atoms with Gasteiger partial charge in [0.05, 0.1) is 22.3 Å². The molecule has 2 aromatic heterocycles. The van der Waals surface area contributed by atoms with Gasteiger partial charge in [-0.1, -0.05) is 23.7 Å². The number of nitrogens with zero attached hydrogens (tertiary/aromatic N) is 4. The summed E-state index contributed by atoms with van der Waals surface area (Å²) in [6.45, 7) is -0.335. The molecule has 0 radical (unpaired) electrons. The van der Waals surface area contributed by atoms with Gasteiger partial charge in [0, 0.05) is 23.7 Å². The summed E-state index contributed by atoms with van der Waals surface area (Å²) in [4.78, 5) is 28.2. The van der Waals surface area contributed by atoms with Gasteiger partial charge in [0.2, 0.25) is 0 Å². The molecular formula is C24H17ClN4O5. The maximum absolute atomic E-state index is 13.2. The zero-order chi connectivity index (χ0) is 23.7. The Morgan fingerprint density at radius 2 is 2.00 bits per heavy atom. The van der Waals surface area contributed by atoms with Gasteiger partial charge in [0.1, 0.15) is 23.1 Å². The lowest BCUT2D eigenvalue weighted by Gasteiger charge is -2.20. The maximum atomic E-state index is 13.2. The number of ether oxygens (including phenoxy) is 1. The fourth-order valence-electron chi connectivity index (χ4n) is 3.87. The standard InChI is InChI=1S/C24H17ClN4O5/c25-16-7-5-15(6-8-16)18-13-20(21-4-2-12-33-21)28(27-18)23(30)14-34-22-10-9-19(29(31)32)17-3-1-11-26-24(17)22/h1-12,20H,13-14H2/t20-/m1/s1. The predicted octanol–water partition coefficient (Wildman–Crippen LogP) is 5.15. The van der Waals surface area contributed by atoms with E-state index in [1.807, 2.05) is 12.1 Å². The van der Waals surface area contributed by atoms with Gasteiger partial charge in [-0.05, 0) is 48.0 Å². The molecule has 1 aliphatic rings. The second-order valence-corrected chi connectivity index (χ2v) is 7.99. The SMILES string of the molecule is O=C(COc1ccc([N+](=O)[O-])c2cccnc12)N1N=C(c2ccc(Cl)cc2)C[C@@H]1c1ccco1. The average molecular weight is 477 g/mol. The molecule has 0 saturated carbocycles. The predicted molar refractivity (Wildman–Crippen MR) is 125 cm³/mol. The number of pyridine rings is 1. The molecule has 0 fully saturated rings. The van der Waals surface area contributed by atoms with Crippen LogP contribution >= 0.6 is 11.6 Å². The number of hydrogen-bond donors (Lipinski definition) is 0. The zero-order valence-corrected chi connectivity index (χ0v) is 18.4. The van der Waals surface area contributed by atoms with Crippen molar-refractivity contribution in [3.63, 3.8) is 0 Å². The van der Waals surface area contributed by atoms with E-state index >= 15 is 0 Å². The van der Waals surface area contributed by atoms with Crippen molar-refractivity contribution in [1.29, 1.82) is 0 Å². The molecule has 0 saturated heterocycles. The molecular weight excluding hydrogens is 460 g/mol. The van der Waals surface area contributed by atoms with Crippen LogP contribution < -0.4 is 4.74 Å². The van der Waals surface area contributed by atoms with Crippen molar-refractivity contribution in [2.75, 3.05) is 6.61 Å². The molecule has 5 rings (SSSR count). The Morgan fingerprint density at radius 3 is 2.74 bits per heavy atom. The van der Waals surface area contributed by atoms with Crippen LogP contribution in [0.5, 0.6) is 5.75 Å². The average Bonchev–Trinajstić information content (AvgIpc) is 3.53. The smallest absolute Gasteiger partial charge is 0.281 e. The first kappa shape index (κ1) is 21.6. The first-order valence-corrected chi connectivity index (χ1v) is 10.7. The quantitative estimate of drug-likeness (QED) is 0.281. The Morgan fingerprint density at radius 1 is 1.18 bits per heavy atom. The van der Waals surface area contributed by atoms with E-state index in [9.17, 15) is 14.9 Å². The normalized spacial score (nSPS) is 15.4. The van der Waals surface area contributed by atoms with E-state index in [2.05, 4.69) is 10.1 Å². The highest BCUT2D eigenvalue weighted by atomic mass is 35.5. The fourth-order valence-corrected chi connectivity index (χ4v) is 4.00. The third-order valence-corrected chi connectivity index (χ3v) is 5.72. The van der Waals surface area contributed by atoms with E-state index in [1.54, 1.807) is 42.7 Å². The van der Waals surface area contributed by atoms with Crippen LogP contribution in [0.4, 0.5) is 5.69 Å². The minimum atomic E-state index is -0.482. The number of benzene rings is 2. The summed E-state index contributed by atoms with van der Waals surface area (Å²) >= 11 is 6.00. The molecule has 3 heterocycles. The van der Waals surface area contributed by atoms with Gasteiger partial charge in [-0.3, -0.25) is 19.9 Å². The van der Waals surface area contributed by atoms with Crippen LogP contribution in [0.3, 0.4) is 0 Å². The maximum Gasteiger partial charge on any atom is 0.281 e. The number of carbonyl (C=O) groups excluding carboxylic acids is 1. The lowest BCUT2D eigenvalue weighted by Crippen LogP contribution is -2.31. The Labute approximate surface area is 198 Å². The van der Waals surface area contributed by atoms with Gasteiger partial charge < -0.3 is 9.15 Å². The first-order chi connectivity index (χ1) is 16.5. The van der Waals surface area contributed by atoms with Crippen LogP contribution in [0.1, 0.15) is 23.8 Å². The molecule has 0 N–H and O–H groups in total. The van der Waals surface area contributed by atoms with Crippen molar-refractivity contribution in [3.8, 4) is 5.75 Å². The summed E-state index contributed by atoms with van der Waals surface area (Å²) in [6.07, 6.45) is 3.52. The van der Waals surface area contributed by atoms with E-state index in [1.165, 1.54) is 23.3 Å². The number of carbonyl (C=O) groups is 1. The van der Waals surface area contributed by atoms with Gasteiger partial charge in [0.25, 0.3) is 11.6 Å². The fraction of sp³-hybridized carbons (Fsp3) is 0.125. The second kappa shape index (κ2) is 8.95. The van der Waals surface area contributed by atoms with Gasteiger partial charge in [-0.2, -0.15) is 5.10 Å². The molecule has 2 aromatic carbocycles. The van der Waals surface area contributed by atoms with Crippen molar-refractivity contribution in [2.24, 2.45) is 5.10 Å². The number of nitro groups is 1. The minimum absolute atomic E-state index is 0.0867. The molecule has 1 amide bonds. The van der Waals surface area contributed by atoms with E-state index in [0.717, 1.165) is 5.56 Å². The lowest BCUT2D eigenvalue weighted by molar-refractivity contribution is -0.383. The molecule has 1 aliphatic heterocycles. The van der Waals surface area contributed by atoms with Gasteiger partial charge >= 0.3 is 0 Å². The number of aromatic nitrogens is 1. The number of halogens is 1. The second-order valence-electron chi connectivity index (χ2n) is 7.56. The number of amides is 1. The molecule has 0 bridgehead atoms. The Kier molecular flexibility index (Phi) is 5.69. The van der Waals surface area contributed by atoms with Crippen LogP contribution in [-0.4, -0.2) is 33.1 Å².